The molecule has 4 aliphatic rings. The van der Waals surface area contributed by atoms with Crippen LogP contribution in [0.1, 0.15) is 65.7 Å². The second kappa shape index (κ2) is 13.2. The monoisotopic (exact) mass is 607 g/mol. The Balaban J connectivity index is 1.60. The quantitative estimate of drug-likeness (QED) is 0.327. The third kappa shape index (κ3) is 5.47. The minimum absolute atomic E-state index is 0.0380. The molecular formula is C35H49N3O4S. The average Bonchev–Trinajstić information content (AvgIpc) is 3.61. The Morgan fingerprint density at radius 3 is 2.37 bits per heavy atom. The summed E-state index contributed by atoms with van der Waals surface area (Å²) >= 11 is 1.71. The zero-order chi connectivity index (χ0) is 30.9. The fourth-order valence-corrected chi connectivity index (χ4v) is 11.0. The minimum atomic E-state index is -0.728. The number of anilines is 1. The van der Waals surface area contributed by atoms with Crippen molar-refractivity contribution in [2.75, 3.05) is 24.6 Å². The Kier molecular flexibility index (Phi) is 9.76. The van der Waals surface area contributed by atoms with Gasteiger partial charge in [-0.25, -0.2) is 0 Å². The first kappa shape index (κ1) is 31.8. The summed E-state index contributed by atoms with van der Waals surface area (Å²) in [4.78, 5) is 49.8. The molecule has 3 heterocycles. The van der Waals surface area contributed by atoms with Crippen molar-refractivity contribution in [1.29, 1.82) is 0 Å². The van der Waals surface area contributed by atoms with Crippen LogP contribution in [-0.2, 0) is 14.4 Å². The summed E-state index contributed by atoms with van der Waals surface area (Å²) in [5.74, 6) is -1.14. The lowest BCUT2D eigenvalue weighted by atomic mass is 9.65. The number of hydrogen-bond donors (Lipinski definition) is 1. The van der Waals surface area contributed by atoms with E-state index < -0.39 is 28.7 Å². The molecule has 234 valence electrons. The van der Waals surface area contributed by atoms with E-state index in [0.29, 0.717) is 19.5 Å². The molecule has 1 spiro atoms. The highest BCUT2D eigenvalue weighted by atomic mass is 32.2. The van der Waals surface area contributed by atoms with Crippen LogP contribution in [0, 0.1) is 23.7 Å². The van der Waals surface area contributed by atoms with E-state index in [0.717, 1.165) is 37.8 Å². The number of fused-ring (bicyclic) bond motifs is 1. The van der Waals surface area contributed by atoms with Gasteiger partial charge in [0.05, 0.1) is 29.2 Å². The fourth-order valence-electron chi connectivity index (χ4n) is 8.58. The highest BCUT2D eigenvalue weighted by Crippen LogP contribution is 2.69. The average molecular weight is 608 g/mol. The molecule has 0 aromatic heterocycles. The number of likely N-dealkylation sites (tertiary alicyclic amines) is 1. The van der Waals surface area contributed by atoms with Gasteiger partial charge in [0, 0.05) is 30.1 Å². The van der Waals surface area contributed by atoms with E-state index in [-0.39, 0.29) is 47.5 Å². The number of aliphatic hydroxyl groups excluding tert-OH is 1. The standard InChI is InChI=1S/C35H49N3O4S/c1-6-18-36(25-14-10-8-11-15-25)32(40)29-28-21-24(5)35(43-28)30(29)33(41)38(27(22-39)20-23(3)4)31(35)34(42)37(19-7-2)26-16-12-9-13-17-26/h6-8,10-11,14-15,23-24,26-31,39H,1-2,9,12-13,16-22H2,3-5H3/t24?,27-,28-,29+,30+,31?,35?/m1/s1. The van der Waals surface area contributed by atoms with Gasteiger partial charge in [-0.15, -0.1) is 24.9 Å². The maximum absolute atomic E-state index is 15.0. The van der Waals surface area contributed by atoms with Gasteiger partial charge in [0.2, 0.25) is 17.7 Å². The normalized spacial score (nSPS) is 30.8. The molecule has 1 N–H and O–H groups in total. The summed E-state index contributed by atoms with van der Waals surface area (Å²) in [6.07, 6.45) is 10.1. The van der Waals surface area contributed by atoms with E-state index in [4.69, 9.17) is 0 Å². The van der Waals surface area contributed by atoms with Gasteiger partial charge in [-0.3, -0.25) is 14.4 Å². The van der Waals surface area contributed by atoms with E-state index in [1.807, 2.05) is 35.2 Å². The summed E-state index contributed by atoms with van der Waals surface area (Å²) in [5.41, 5.74) is 0.777. The smallest absolute Gasteiger partial charge is 0.247 e. The zero-order valence-corrected chi connectivity index (χ0v) is 26.9. The molecule has 0 radical (unpaired) electrons. The molecule has 3 unspecified atom stereocenters. The number of hydrogen-bond acceptors (Lipinski definition) is 5. The van der Waals surface area contributed by atoms with Crippen LogP contribution in [0.15, 0.2) is 55.6 Å². The van der Waals surface area contributed by atoms with Crippen molar-refractivity contribution in [2.45, 2.75) is 93.8 Å². The molecule has 1 saturated carbocycles. The maximum atomic E-state index is 15.0. The molecule has 1 aromatic carbocycles. The van der Waals surface area contributed by atoms with Gasteiger partial charge in [0.1, 0.15) is 6.04 Å². The lowest BCUT2D eigenvalue weighted by Gasteiger charge is -2.44. The number of rotatable bonds is 12. The number of amides is 3. The van der Waals surface area contributed by atoms with Crippen LogP contribution in [-0.4, -0.2) is 80.4 Å². The molecule has 43 heavy (non-hydrogen) atoms. The van der Waals surface area contributed by atoms with Crippen LogP contribution in [0.4, 0.5) is 5.69 Å². The van der Waals surface area contributed by atoms with Gasteiger partial charge in [-0.1, -0.05) is 70.4 Å². The Morgan fingerprint density at radius 1 is 1.09 bits per heavy atom. The summed E-state index contributed by atoms with van der Waals surface area (Å²) in [6, 6.07) is 8.47. The van der Waals surface area contributed by atoms with Crippen molar-refractivity contribution >= 4 is 35.2 Å². The highest BCUT2D eigenvalue weighted by Gasteiger charge is 2.77. The lowest BCUT2D eigenvalue weighted by Crippen LogP contribution is -2.61. The predicted octanol–water partition coefficient (Wildman–Crippen LogP) is 5.30. The number of carbonyl (C=O) groups excluding carboxylic acids is 3. The SMILES string of the molecule is C=CCN(C(=O)[C@@H]1[C@H]2C(=O)N([C@@H](CO)CC(C)C)C(C(=O)N(CC=C)C3CCCCC3)C23S[C@@H]1CC3C)c1ccccc1. The predicted molar refractivity (Wildman–Crippen MR) is 174 cm³/mol. The molecule has 4 fully saturated rings. The van der Waals surface area contributed by atoms with E-state index in [1.165, 1.54) is 6.42 Å². The van der Waals surface area contributed by atoms with Gasteiger partial charge in [0.15, 0.2) is 0 Å². The van der Waals surface area contributed by atoms with Crippen molar-refractivity contribution in [3.05, 3.63) is 55.6 Å². The third-order valence-corrected chi connectivity index (χ3v) is 12.4. The summed E-state index contributed by atoms with van der Waals surface area (Å²) in [5, 5.41) is 10.6. The van der Waals surface area contributed by atoms with Crippen molar-refractivity contribution < 1.29 is 19.5 Å². The van der Waals surface area contributed by atoms with Crippen LogP contribution in [0.25, 0.3) is 0 Å². The van der Waals surface area contributed by atoms with Crippen LogP contribution in [0.2, 0.25) is 0 Å². The van der Waals surface area contributed by atoms with Crippen LogP contribution < -0.4 is 4.90 Å². The first-order valence-corrected chi connectivity index (χ1v) is 17.1. The van der Waals surface area contributed by atoms with Crippen molar-refractivity contribution in [1.82, 2.24) is 9.80 Å². The first-order valence-electron chi connectivity index (χ1n) is 16.2. The molecule has 1 aliphatic carbocycles. The van der Waals surface area contributed by atoms with Crippen LogP contribution >= 0.6 is 11.8 Å². The summed E-state index contributed by atoms with van der Waals surface area (Å²) in [7, 11) is 0. The highest BCUT2D eigenvalue weighted by molar-refractivity contribution is 8.02. The molecule has 3 aliphatic heterocycles. The number of aliphatic hydroxyl groups is 1. The van der Waals surface area contributed by atoms with Crippen LogP contribution in [0.5, 0.6) is 0 Å². The minimum Gasteiger partial charge on any atom is -0.394 e. The Labute approximate surface area is 261 Å². The van der Waals surface area contributed by atoms with Gasteiger partial charge >= 0.3 is 0 Å². The van der Waals surface area contributed by atoms with E-state index >= 15 is 0 Å². The third-order valence-electron chi connectivity index (χ3n) is 10.3. The molecule has 3 amide bonds. The lowest BCUT2D eigenvalue weighted by molar-refractivity contribution is -0.147. The zero-order valence-electron chi connectivity index (χ0n) is 26.1. The molecule has 2 bridgehead atoms. The van der Waals surface area contributed by atoms with Gasteiger partial charge in [0.25, 0.3) is 0 Å². The van der Waals surface area contributed by atoms with Gasteiger partial charge < -0.3 is 19.8 Å². The first-order chi connectivity index (χ1) is 20.7. The molecule has 8 heteroatoms. The largest absolute Gasteiger partial charge is 0.394 e. The number of thioether (sulfide) groups is 1. The van der Waals surface area contributed by atoms with Crippen LogP contribution in [0.3, 0.4) is 0 Å². The molecule has 3 saturated heterocycles. The van der Waals surface area contributed by atoms with Gasteiger partial charge in [-0.05, 0) is 49.7 Å². The summed E-state index contributed by atoms with van der Waals surface area (Å²) in [6.45, 7) is 14.8. The molecular weight excluding hydrogens is 558 g/mol. The number of carbonyl (C=O) groups is 3. The Hall–Kier alpha value is -2.58. The molecule has 5 rings (SSSR count). The van der Waals surface area contributed by atoms with E-state index in [2.05, 4.69) is 33.9 Å². The maximum Gasteiger partial charge on any atom is 0.247 e. The Bertz CT molecular complexity index is 1200. The number of nitrogens with zero attached hydrogens (tertiary/aromatic N) is 3. The van der Waals surface area contributed by atoms with Crippen molar-refractivity contribution in [3.8, 4) is 0 Å². The van der Waals surface area contributed by atoms with E-state index in [1.54, 1.807) is 33.7 Å². The number of para-hydroxylation sites is 1. The Morgan fingerprint density at radius 2 is 1.77 bits per heavy atom. The molecule has 1 aromatic rings. The number of benzene rings is 1. The van der Waals surface area contributed by atoms with Crippen molar-refractivity contribution in [3.63, 3.8) is 0 Å². The van der Waals surface area contributed by atoms with Gasteiger partial charge in [-0.2, -0.15) is 0 Å². The second-order valence-corrected chi connectivity index (χ2v) is 15.0. The van der Waals surface area contributed by atoms with E-state index in [9.17, 15) is 19.5 Å². The summed E-state index contributed by atoms with van der Waals surface area (Å²) < 4.78 is -0.728. The topological polar surface area (TPSA) is 81.2 Å². The fraction of sp³-hybridized carbons (Fsp3) is 0.629. The second-order valence-electron chi connectivity index (χ2n) is 13.4. The molecule has 7 atom stereocenters. The van der Waals surface area contributed by atoms with Crippen molar-refractivity contribution in [2.24, 2.45) is 23.7 Å². The molecule has 7 nitrogen and oxygen atoms in total.